The standard InChI is InChI=1S/C12H15NO3S3/c1-9-6-12(18-11(9)7-14)19(15,16)13-4-2-10-3-5-17-8-10/h3,5-6,8,13-14H,2,4,7H2,1H3. The number of aliphatic hydroxyl groups excluding tert-OH is 1. The Labute approximate surface area is 120 Å². The van der Waals surface area contributed by atoms with Gasteiger partial charge in [-0.3, -0.25) is 0 Å². The Hall–Kier alpha value is -0.730. The molecule has 2 rings (SSSR count). The van der Waals surface area contributed by atoms with Crippen LogP contribution < -0.4 is 4.72 Å². The van der Waals surface area contributed by atoms with E-state index >= 15 is 0 Å². The van der Waals surface area contributed by atoms with Crippen LogP contribution in [0.5, 0.6) is 0 Å². The van der Waals surface area contributed by atoms with E-state index in [1.54, 1.807) is 24.3 Å². The lowest BCUT2D eigenvalue weighted by molar-refractivity contribution is 0.285. The predicted octanol–water partition coefficient (Wildman–Crippen LogP) is 2.13. The van der Waals surface area contributed by atoms with Crippen molar-refractivity contribution >= 4 is 32.7 Å². The molecule has 0 aliphatic heterocycles. The zero-order valence-corrected chi connectivity index (χ0v) is 12.9. The fraction of sp³-hybridized carbons (Fsp3) is 0.333. The molecule has 7 heteroatoms. The van der Waals surface area contributed by atoms with E-state index in [1.165, 1.54) is 0 Å². The number of rotatable bonds is 6. The van der Waals surface area contributed by atoms with E-state index in [2.05, 4.69) is 4.72 Å². The number of nitrogens with one attached hydrogen (secondary N) is 1. The van der Waals surface area contributed by atoms with Crippen LogP contribution in [-0.2, 0) is 23.1 Å². The highest BCUT2D eigenvalue weighted by Crippen LogP contribution is 2.25. The lowest BCUT2D eigenvalue weighted by atomic mass is 10.2. The largest absolute Gasteiger partial charge is 0.391 e. The van der Waals surface area contributed by atoms with Gasteiger partial charge in [0.1, 0.15) is 4.21 Å². The fourth-order valence-corrected chi connectivity index (χ4v) is 4.84. The maximum atomic E-state index is 12.1. The Kier molecular flexibility index (Phi) is 4.75. The van der Waals surface area contributed by atoms with Crippen molar-refractivity contribution in [3.05, 3.63) is 38.9 Å². The van der Waals surface area contributed by atoms with E-state index in [4.69, 9.17) is 5.11 Å². The third-order valence-corrected chi connectivity index (χ3v) is 6.58. The molecule has 0 saturated heterocycles. The summed E-state index contributed by atoms with van der Waals surface area (Å²) in [6.45, 7) is 2.05. The molecule has 0 unspecified atom stereocenters. The molecule has 2 aromatic heterocycles. The van der Waals surface area contributed by atoms with Crippen LogP contribution in [0.15, 0.2) is 27.1 Å². The van der Waals surface area contributed by atoms with Crippen LogP contribution in [-0.4, -0.2) is 20.1 Å². The van der Waals surface area contributed by atoms with Crippen LogP contribution in [0.2, 0.25) is 0 Å². The number of thiophene rings is 2. The average Bonchev–Trinajstić information content (AvgIpc) is 2.98. The molecule has 0 aromatic carbocycles. The minimum atomic E-state index is -3.46. The van der Waals surface area contributed by atoms with Crippen molar-refractivity contribution in [1.82, 2.24) is 4.72 Å². The van der Waals surface area contributed by atoms with Gasteiger partial charge in [0.2, 0.25) is 10.0 Å². The molecule has 2 heterocycles. The van der Waals surface area contributed by atoms with Crippen LogP contribution in [0.25, 0.3) is 0 Å². The number of aryl methyl sites for hydroxylation is 1. The quantitative estimate of drug-likeness (QED) is 0.858. The van der Waals surface area contributed by atoms with Gasteiger partial charge in [-0.25, -0.2) is 13.1 Å². The van der Waals surface area contributed by atoms with Gasteiger partial charge in [-0.2, -0.15) is 11.3 Å². The number of sulfonamides is 1. The Morgan fingerprint density at radius 1 is 1.42 bits per heavy atom. The van der Waals surface area contributed by atoms with Crippen LogP contribution in [0.3, 0.4) is 0 Å². The molecule has 0 fully saturated rings. The number of aliphatic hydroxyl groups is 1. The van der Waals surface area contributed by atoms with E-state index in [9.17, 15) is 8.42 Å². The summed E-state index contributed by atoms with van der Waals surface area (Å²) in [5.41, 5.74) is 1.94. The van der Waals surface area contributed by atoms with Gasteiger partial charge in [-0.05, 0) is 47.4 Å². The molecule has 0 spiro atoms. The second kappa shape index (κ2) is 6.15. The van der Waals surface area contributed by atoms with E-state index in [1.807, 2.05) is 16.8 Å². The molecule has 19 heavy (non-hydrogen) atoms. The molecule has 0 aliphatic rings. The summed E-state index contributed by atoms with van der Waals surface area (Å²) in [7, 11) is -3.46. The highest BCUT2D eigenvalue weighted by atomic mass is 32.2. The summed E-state index contributed by atoms with van der Waals surface area (Å²) < 4.78 is 27.0. The molecule has 0 bridgehead atoms. The van der Waals surface area contributed by atoms with Gasteiger partial charge in [0.25, 0.3) is 0 Å². The SMILES string of the molecule is Cc1cc(S(=O)(=O)NCCc2ccsc2)sc1CO. The summed E-state index contributed by atoms with van der Waals surface area (Å²) in [5.74, 6) is 0. The summed E-state index contributed by atoms with van der Waals surface area (Å²) in [6.07, 6.45) is 0.681. The van der Waals surface area contributed by atoms with Crippen molar-refractivity contribution in [2.24, 2.45) is 0 Å². The first-order valence-corrected chi connectivity index (χ1v) is 8.98. The second-order valence-corrected chi connectivity index (χ2v) is 8.02. The van der Waals surface area contributed by atoms with E-state index < -0.39 is 10.0 Å². The van der Waals surface area contributed by atoms with E-state index in [0.717, 1.165) is 22.5 Å². The van der Waals surface area contributed by atoms with Gasteiger partial charge in [-0.1, -0.05) is 0 Å². The minimum Gasteiger partial charge on any atom is -0.391 e. The normalized spacial score (nSPS) is 11.9. The van der Waals surface area contributed by atoms with Crippen molar-refractivity contribution < 1.29 is 13.5 Å². The smallest absolute Gasteiger partial charge is 0.250 e. The summed E-state index contributed by atoms with van der Waals surface area (Å²) >= 11 is 2.72. The van der Waals surface area contributed by atoms with Crippen molar-refractivity contribution in [2.75, 3.05) is 6.54 Å². The summed E-state index contributed by atoms with van der Waals surface area (Å²) in [4.78, 5) is 0.693. The first-order chi connectivity index (χ1) is 9.03. The van der Waals surface area contributed by atoms with Gasteiger partial charge < -0.3 is 5.11 Å². The molecule has 2 aromatic rings. The van der Waals surface area contributed by atoms with Crippen LogP contribution >= 0.6 is 22.7 Å². The Bertz CT molecular complexity index is 629. The van der Waals surface area contributed by atoms with Crippen LogP contribution in [0.4, 0.5) is 0 Å². The first-order valence-electron chi connectivity index (χ1n) is 5.74. The zero-order chi connectivity index (χ0) is 13.9. The lowest BCUT2D eigenvalue weighted by Crippen LogP contribution is -2.25. The molecular formula is C12H15NO3S3. The highest BCUT2D eigenvalue weighted by molar-refractivity contribution is 7.91. The summed E-state index contributed by atoms with van der Waals surface area (Å²) in [5, 5.41) is 13.1. The lowest BCUT2D eigenvalue weighted by Gasteiger charge is -2.03. The Morgan fingerprint density at radius 3 is 2.79 bits per heavy atom. The topological polar surface area (TPSA) is 66.4 Å². The zero-order valence-electron chi connectivity index (χ0n) is 10.4. The average molecular weight is 317 g/mol. The molecule has 0 aliphatic carbocycles. The second-order valence-electron chi connectivity index (χ2n) is 4.11. The van der Waals surface area contributed by atoms with E-state index in [0.29, 0.717) is 17.8 Å². The molecule has 4 nitrogen and oxygen atoms in total. The third-order valence-electron chi connectivity index (χ3n) is 2.69. The number of hydrogen-bond acceptors (Lipinski definition) is 5. The monoisotopic (exact) mass is 317 g/mol. The molecule has 0 radical (unpaired) electrons. The minimum absolute atomic E-state index is 0.124. The van der Waals surface area contributed by atoms with E-state index in [-0.39, 0.29) is 10.8 Å². The predicted molar refractivity (Wildman–Crippen MR) is 78.2 cm³/mol. The Balaban J connectivity index is 2.01. The van der Waals surface area contributed by atoms with Crippen molar-refractivity contribution in [2.45, 2.75) is 24.2 Å². The Morgan fingerprint density at radius 2 is 2.21 bits per heavy atom. The van der Waals surface area contributed by atoms with Gasteiger partial charge in [0.05, 0.1) is 6.61 Å². The third kappa shape index (κ3) is 3.64. The van der Waals surface area contributed by atoms with Gasteiger partial charge in [-0.15, -0.1) is 11.3 Å². The number of hydrogen-bond donors (Lipinski definition) is 2. The van der Waals surface area contributed by atoms with Crippen molar-refractivity contribution in [3.63, 3.8) is 0 Å². The molecule has 0 amide bonds. The highest BCUT2D eigenvalue weighted by Gasteiger charge is 2.18. The maximum Gasteiger partial charge on any atom is 0.250 e. The van der Waals surface area contributed by atoms with Crippen molar-refractivity contribution in [1.29, 1.82) is 0 Å². The molecular weight excluding hydrogens is 302 g/mol. The first kappa shape index (κ1) is 14.7. The van der Waals surface area contributed by atoms with Gasteiger partial charge in [0.15, 0.2) is 0 Å². The molecule has 2 N–H and O–H groups in total. The van der Waals surface area contributed by atoms with Gasteiger partial charge >= 0.3 is 0 Å². The molecule has 0 saturated carbocycles. The molecule has 0 atom stereocenters. The molecule has 104 valence electrons. The van der Waals surface area contributed by atoms with Crippen molar-refractivity contribution in [3.8, 4) is 0 Å². The van der Waals surface area contributed by atoms with Crippen LogP contribution in [0, 0.1) is 6.92 Å². The van der Waals surface area contributed by atoms with Crippen LogP contribution in [0.1, 0.15) is 16.0 Å². The maximum absolute atomic E-state index is 12.1. The summed E-state index contributed by atoms with van der Waals surface area (Å²) in [6, 6.07) is 3.58. The van der Waals surface area contributed by atoms with Gasteiger partial charge in [0, 0.05) is 11.4 Å². The fourth-order valence-electron chi connectivity index (χ4n) is 1.61.